The Hall–Kier alpha value is -3.15. The SMILES string of the molecule is CCCCCC(C(=O)OCC)c1cc(-c2ccccc2)cc(-c2ccncc2)c1C(F)(F)F. The van der Waals surface area contributed by atoms with E-state index in [0.29, 0.717) is 24.0 Å². The third kappa shape index (κ3) is 6.01. The first kappa shape index (κ1) is 24.5. The number of carbonyl (C=O) groups excluding carboxylic acids is 1. The van der Waals surface area contributed by atoms with Gasteiger partial charge in [-0.2, -0.15) is 13.2 Å². The number of nitrogens with zero attached hydrogens (tertiary/aromatic N) is 1. The molecule has 174 valence electrons. The second-order valence-corrected chi connectivity index (χ2v) is 7.89. The molecule has 33 heavy (non-hydrogen) atoms. The number of esters is 1. The Bertz CT molecular complexity index is 1050. The van der Waals surface area contributed by atoms with Gasteiger partial charge in [-0.25, -0.2) is 0 Å². The molecule has 1 unspecified atom stereocenters. The van der Waals surface area contributed by atoms with E-state index in [2.05, 4.69) is 4.98 Å². The van der Waals surface area contributed by atoms with Crippen molar-refractivity contribution in [2.75, 3.05) is 6.61 Å². The van der Waals surface area contributed by atoms with E-state index < -0.39 is 23.6 Å². The molecule has 1 aromatic heterocycles. The lowest BCUT2D eigenvalue weighted by Crippen LogP contribution is -2.21. The molecule has 0 aliphatic rings. The molecular weight excluding hydrogens is 427 g/mol. The van der Waals surface area contributed by atoms with Crippen molar-refractivity contribution in [3.8, 4) is 22.3 Å². The summed E-state index contributed by atoms with van der Waals surface area (Å²) in [5, 5.41) is 0. The van der Waals surface area contributed by atoms with Gasteiger partial charge in [-0.1, -0.05) is 56.5 Å². The summed E-state index contributed by atoms with van der Waals surface area (Å²) in [4.78, 5) is 16.9. The number of benzene rings is 2. The quantitative estimate of drug-likeness (QED) is 0.246. The highest BCUT2D eigenvalue weighted by atomic mass is 19.4. The minimum absolute atomic E-state index is 0.0334. The van der Waals surface area contributed by atoms with Crippen molar-refractivity contribution >= 4 is 5.97 Å². The van der Waals surface area contributed by atoms with Gasteiger partial charge >= 0.3 is 12.1 Å². The molecule has 3 rings (SSSR count). The van der Waals surface area contributed by atoms with Gasteiger partial charge < -0.3 is 4.74 Å². The third-order valence-corrected chi connectivity index (χ3v) is 5.59. The number of alkyl halides is 3. The predicted molar refractivity (Wildman–Crippen MR) is 124 cm³/mol. The predicted octanol–water partition coefficient (Wildman–Crippen LogP) is 7.66. The van der Waals surface area contributed by atoms with Gasteiger partial charge in [0, 0.05) is 12.4 Å². The molecule has 0 saturated carbocycles. The molecule has 0 spiro atoms. The summed E-state index contributed by atoms with van der Waals surface area (Å²) in [6.45, 7) is 3.78. The number of unbranched alkanes of at least 4 members (excludes halogenated alkanes) is 2. The number of pyridine rings is 1. The van der Waals surface area contributed by atoms with Crippen molar-refractivity contribution in [2.45, 2.75) is 51.6 Å². The largest absolute Gasteiger partial charge is 0.466 e. The highest BCUT2D eigenvalue weighted by molar-refractivity contribution is 5.84. The fraction of sp³-hybridized carbons (Fsp3) is 0.333. The maximum Gasteiger partial charge on any atom is 0.417 e. The molecule has 0 bridgehead atoms. The number of halogens is 3. The molecule has 0 aliphatic carbocycles. The maximum atomic E-state index is 14.6. The molecule has 0 saturated heterocycles. The Labute approximate surface area is 192 Å². The topological polar surface area (TPSA) is 39.2 Å². The van der Waals surface area contributed by atoms with Crippen LogP contribution in [-0.2, 0) is 15.7 Å². The Balaban J connectivity index is 2.32. The Morgan fingerprint density at radius 1 is 0.939 bits per heavy atom. The Morgan fingerprint density at radius 3 is 2.24 bits per heavy atom. The zero-order chi connectivity index (χ0) is 23.8. The second-order valence-electron chi connectivity index (χ2n) is 7.89. The van der Waals surface area contributed by atoms with E-state index in [-0.39, 0.29) is 17.7 Å². The zero-order valence-electron chi connectivity index (χ0n) is 18.9. The average molecular weight is 456 g/mol. The van der Waals surface area contributed by atoms with Gasteiger partial charge in [0.1, 0.15) is 0 Å². The first-order chi connectivity index (χ1) is 15.9. The molecule has 0 radical (unpaired) electrons. The number of hydrogen-bond acceptors (Lipinski definition) is 3. The molecule has 2 aromatic carbocycles. The van der Waals surface area contributed by atoms with E-state index >= 15 is 0 Å². The van der Waals surface area contributed by atoms with Crippen LogP contribution in [0.5, 0.6) is 0 Å². The van der Waals surface area contributed by atoms with Crippen LogP contribution < -0.4 is 0 Å². The van der Waals surface area contributed by atoms with Crippen LogP contribution in [0, 0.1) is 0 Å². The lowest BCUT2D eigenvalue weighted by molar-refractivity contribution is -0.146. The fourth-order valence-electron chi connectivity index (χ4n) is 4.05. The van der Waals surface area contributed by atoms with Crippen molar-refractivity contribution in [3.05, 3.63) is 78.1 Å². The summed E-state index contributed by atoms with van der Waals surface area (Å²) in [6, 6.07) is 15.4. The van der Waals surface area contributed by atoms with Crippen LogP contribution in [0.1, 0.15) is 56.6 Å². The lowest BCUT2D eigenvalue weighted by atomic mass is 9.83. The first-order valence-corrected chi connectivity index (χ1v) is 11.2. The number of carbonyl (C=O) groups is 1. The molecule has 1 atom stereocenters. The molecule has 3 nitrogen and oxygen atoms in total. The third-order valence-electron chi connectivity index (χ3n) is 5.59. The van der Waals surface area contributed by atoms with Gasteiger partial charge in [0.05, 0.1) is 18.1 Å². The number of aromatic nitrogens is 1. The normalized spacial score (nSPS) is 12.4. The van der Waals surface area contributed by atoms with Gasteiger partial charge in [0.2, 0.25) is 0 Å². The fourth-order valence-corrected chi connectivity index (χ4v) is 4.05. The van der Waals surface area contributed by atoms with Crippen LogP contribution in [0.15, 0.2) is 67.0 Å². The summed E-state index contributed by atoms with van der Waals surface area (Å²) < 4.78 is 48.9. The lowest BCUT2D eigenvalue weighted by Gasteiger charge is -2.24. The summed E-state index contributed by atoms with van der Waals surface area (Å²) in [7, 11) is 0. The molecule has 0 aliphatic heterocycles. The molecule has 1 heterocycles. The summed E-state index contributed by atoms with van der Waals surface area (Å²) >= 11 is 0. The van der Waals surface area contributed by atoms with Gasteiger partial charge in [-0.05, 0) is 65.4 Å². The van der Waals surface area contributed by atoms with Gasteiger partial charge in [-0.15, -0.1) is 0 Å². The van der Waals surface area contributed by atoms with Crippen LogP contribution in [0.2, 0.25) is 0 Å². The van der Waals surface area contributed by atoms with Crippen molar-refractivity contribution in [1.29, 1.82) is 0 Å². The van der Waals surface area contributed by atoms with Crippen LogP contribution in [0.3, 0.4) is 0 Å². The van der Waals surface area contributed by atoms with Crippen LogP contribution in [0.4, 0.5) is 13.2 Å². The molecule has 0 N–H and O–H groups in total. The standard InChI is InChI=1S/C27H28F3NO2/c1-3-5-7-12-22(26(32)33-4-2)24-18-21(19-10-8-6-9-11-19)17-23(25(24)27(28,29)30)20-13-15-31-16-14-20/h6,8-11,13-18,22H,3-5,7,12H2,1-2H3. The van der Waals surface area contributed by atoms with E-state index in [1.807, 2.05) is 37.3 Å². The number of ether oxygens (including phenoxy) is 1. The highest BCUT2D eigenvalue weighted by Gasteiger charge is 2.40. The smallest absolute Gasteiger partial charge is 0.417 e. The van der Waals surface area contributed by atoms with Crippen molar-refractivity contribution < 1.29 is 22.7 Å². The van der Waals surface area contributed by atoms with Crippen LogP contribution in [-0.4, -0.2) is 17.6 Å². The van der Waals surface area contributed by atoms with Gasteiger partial charge in [-0.3, -0.25) is 9.78 Å². The Morgan fingerprint density at radius 2 is 1.64 bits per heavy atom. The van der Waals surface area contributed by atoms with Crippen molar-refractivity contribution in [2.24, 2.45) is 0 Å². The number of hydrogen-bond donors (Lipinski definition) is 0. The molecular formula is C27H28F3NO2. The van der Waals surface area contributed by atoms with E-state index in [1.165, 1.54) is 18.5 Å². The zero-order valence-corrected chi connectivity index (χ0v) is 18.9. The maximum absolute atomic E-state index is 14.6. The van der Waals surface area contributed by atoms with Crippen LogP contribution >= 0.6 is 0 Å². The first-order valence-electron chi connectivity index (χ1n) is 11.2. The molecule has 0 amide bonds. The molecule has 0 fully saturated rings. The second kappa shape index (κ2) is 11.1. The van der Waals surface area contributed by atoms with Crippen molar-refractivity contribution in [1.82, 2.24) is 4.98 Å². The van der Waals surface area contributed by atoms with Gasteiger partial charge in [0.25, 0.3) is 0 Å². The average Bonchev–Trinajstić information content (AvgIpc) is 2.81. The number of rotatable bonds is 9. The summed E-state index contributed by atoms with van der Waals surface area (Å²) in [6.07, 6.45) is 0.934. The van der Waals surface area contributed by atoms with E-state index in [0.717, 1.165) is 18.4 Å². The van der Waals surface area contributed by atoms with E-state index in [9.17, 15) is 18.0 Å². The summed E-state index contributed by atoms with van der Waals surface area (Å²) in [5.74, 6) is -1.62. The van der Waals surface area contributed by atoms with E-state index in [4.69, 9.17) is 4.74 Å². The van der Waals surface area contributed by atoms with Gasteiger partial charge in [0.15, 0.2) is 0 Å². The minimum Gasteiger partial charge on any atom is -0.466 e. The van der Waals surface area contributed by atoms with Crippen LogP contribution in [0.25, 0.3) is 22.3 Å². The molecule has 3 aromatic rings. The monoisotopic (exact) mass is 455 g/mol. The highest BCUT2D eigenvalue weighted by Crippen LogP contribution is 2.45. The van der Waals surface area contributed by atoms with E-state index in [1.54, 1.807) is 25.1 Å². The Kier molecular flexibility index (Phi) is 8.26. The summed E-state index contributed by atoms with van der Waals surface area (Å²) in [5.41, 5.74) is 1.00. The minimum atomic E-state index is -4.65. The molecule has 6 heteroatoms. The van der Waals surface area contributed by atoms with Crippen molar-refractivity contribution in [3.63, 3.8) is 0 Å².